The van der Waals surface area contributed by atoms with Gasteiger partial charge >= 0.3 is 0 Å². The van der Waals surface area contributed by atoms with Crippen LogP contribution >= 0.6 is 0 Å². The number of carbonyl (C=O) groups excluding carboxylic acids is 1. The minimum absolute atomic E-state index is 0.178. The summed E-state index contributed by atoms with van der Waals surface area (Å²) < 4.78 is 39.9. The fourth-order valence-electron chi connectivity index (χ4n) is 1.61. The van der Waals surface area contributed by atoms with Crippen LogP contribution in [0.25, 0.3) is 0 Å². The Kier molecular flexibility index (Phi) is 3.90. The van der Waals surface area contributed by atoms with Crippen molar-refractivity contribution in [2.24, 2.45) is 5.84 Å². The number of carbonyl (C=O) groups is 1. The van der Waals surface area contributed by atoms with Crippen LogP contribution in [0.15, 0.2) is 36.4 Å². The Balaban J connectivity index is 2.26. The molecule has 4 nitrogen and oxygen atoms in total. The number of halogens is 3. The zero-order valence-electron chi connectivity index (χ0n) is 10.1. The molecule has 2 aromatic rings. The Bertz CT molecular complexity index is 638. The van der Waals surface area contributed by atoms with Gasteiger partial charge in [0.2, 0.25) is 0 Å². The predicted octanol–water partition coefficient (Wildman–Crippen LogP) is 2.64. The van der Waals surface area contributed by atoms with Gasteiger partial charge in [0.1, 0.15) is 11.5 Å². The monoisotopic (exact) mass is 281 g/mol. The summed E-state index contributed by atoms with van der Waals surface area (Å²) in [5, 5.41) is 2.33. The van der Waals surface area contributed by atoms with E-state index in [0.717, 1.165) is 18.2 Å². The maximum Gasteiger partial charge on any atom is 0.255 e. The molecule has 0 aliphatic heterocycles. The summed E-state index contributed by atoms with van der Waals surface area (Å²) in [6.07, 6.45) is 0. The van der Waals surface area contributed by atoms with Crippen LogP contribution in [0.4, 0.5) is 24.5 Å². The van der Waals surface area contributed by atoms with Crippen LogP contribution in [0.2, 0.25) is 0 Å². The van der Waals surface area contributed by atoms with Gasteiger partial charge in [0.25, 0.3) is 5.91 Å². The molecular formula is C13H10F3N3O. The number of amides is 1. The molecule has 0 fully saturated rings. The van der Waals surface area contributed by atoms with Crippen LogP contribution in [0.3, 0.4) is 0 Å². The molecule has 0 saturated heterocycles. The van der Waals surface area contributed by atoms with Gasteiger partial charge in [0.05, 0.1) is 0 Å². The molecule has 0 aliphatic rings. The van der Waals surface area contributed by atoms with E-state index in [2.05, 4.69) is 5.32 Å². The molecule has 0 radical (unpaired) electrons. The molecule has 4 N–H and O–H groups in total. The molecule has 0 atom stereocenters. The van der Waals surface area contributed by atoms with Crippen LogP contribution in [-0.4, -0.2) is 5.91 Å². The quantitative estimate of drug-likeness (QED) is 0.598. The summed E-state index contributed by atoms with van der Waals surface area (Å²) in [5.74, 6) is 1.63. The van der Waals surface area contributed by atoms with Crippen molar-refractivity contribution in [3.05, 3.63) is 59.4 Å². The molecule has 7 heteroatoms. The number of anilines is 2. The van der Waals surface area contributed by atoms with E-state index in [1.807, 2.05) is 5.43 Å². The normalized spacial score (nSPS) is 10.2. The Morgan fingerprint density at radius 3 is 2.25 bits per heavy atom. The minimum atomic E-state index is -1.00. The molecule has 0 unspecified atom stereocenters. The van der Waals surface area contributed by atoms with Gasteiger partial charge in [-0.15, -0.1) is 0 Å². The van der Waals surface area contributed by atoms with E-state index in [4.69, 9.17) is 5.84 Å². The lowest BCUT2D eigenvalue weighted by Gasteiger charge is -2.08. The Morgan fingerprint density at radius 1 is 1.05 bits per heavy atom. The molecule has 104 valence electrons. The highest BCUT2D eigenvalue weighted by atomic mass is 19.1. The second-order valence-electron chi connectivity index (χ2n) is 3.92. The van der Waals surface area contributed by atoms with Crippen LogP contribution in [0.5, 0.6) is 0 Å². The second-order valence-corrected chi connectivity index (χ2v) is 3.92. The number of hydrogen-bond acceptors (Lipinski definition) is 3. The highest BCUT2D eigenvalue weighted by Crippen LogP contribution is 2.20. The molecular weight excluding hydrogens is 271 g/mol. The van der Waals surface area contributed by atoms with Crippen molar-refractivity contribution in [3.63, 3.8) is 0 Å². The lowest BCUT2D eigenvalue weighted by Crippen LogP contribution is -2.15. The molecule has 0 heterocycles. The van der Waals surface area contributed by atoms with Crippen molar-refractivity contribution in [2.75, 3.05) is 10.7 Å². The fraction of sp³-hybridized carbons (Fsp3) is 0. The van der Waals surface area contributed by atoms with E-state index >= 15 is 0 Å². The van der Waals surface area contributed by atoms with Crippen molar-refractivity contribution < 1.29 is 18.0 Å². The average molecular weight is 281 g/mol. The summed E-state index contributed by atoms with van der Waals surface area (Å²) >= 11 is 0. The fourth-order valence-corrected chi connectivity index (χ4v) is 1.61. The van der Waals surface area contributed by atoms with Gasteiger partial charge in [-0.05, 0) is 30.3 Å². The Labute approximate surface area is 112 Å². The Morgan fingerprint density at radius 2 is 1.70 bits per heavy atom. The van der Waals surface area contributed by atoms with E-state index < -0.39 is 29.0 Å². The van der Waals surface area contributed by atoms with Gasteiger partial charge < -0.3 is 10.7 Å². The van der Waals surface area contributed by atoms with Crippen molar-refractivity contribution in [1.29, 1.82) is 0 Å². The second kappa shape index (κ2) is 5.62. The van der Waals surface area contributed by atoms with E-state index in [1.165, 1.54) is 18.2 Å². The van der Waals surface area contributed by atoms with Crippen LogP contribution in [0.1, 0.15) is 10.4 Å². The van der Waals surface area contributed by atoms with Gasteiger partial charge in [0, 0.05) is 11.3 Å². The first-order valence-corrected chi connectivity index (χ1v) is 5.54. The lowest BCUT2D eigenvalue weighted by atomic mass is 10.1. The first kappa shape index (κ1) is 13.9. The molecule has 0 saturated carbocycles. The molecule has 20 heavy (non-hydrogen) atoms. The molecule has 0 bridgehead atoms. The summed E-state index contributed by atoms with van der Waals surface area (Å²) in [4.78, 5) is 11.8. The van der Waals surface area contributed by atoms with E-state index in [0.29, 0.717) is 0 Å². The van der Waals surface area contributed by atoms with Crippen molar-refractivity contribution >= 4 is 17.3 Å². The molecule has 2 rings (SSSR count). The van der Waals surface area contributed by atoms with E-state index in [1.54, 1.807) is 0 Å². The third-order valence-electron chi connectivity index (χ3n) is 2.53. The van der Waals surface area contributed by atoms with Gasteiger partial charge in [-0.1, -0.05) is 6.07 Å². The number of hydrogen-bond donors (Lipinski definition) is 3. The van der Waals surface area contributed by atoms with Gasteiger partial charge in [-0.2, -0.15) is 0 Å². The van der Waals surface area contributed by atoms with E-state index in [-0.39, 0.29) is 11.3 Å². The largest absolute Gasteiger partial charge is 0.322 e. The number of nitrogen functional groups attached to an aromatic ring is 1. The first-order valence-electron chi connectivity index (χ1n) is 5.54. The molecule has 0 aliphatic carbocycles. The zero-order valence-corrected chi connectivity index (χ0v) is 10.1. The van der Waals surface area contributed by atoms with Crippen molar-refractivity contribution in [1.82, 2.24) is 0 Å². The SMILES string of the molecule is NNc1c(F)cc(C(=O)Nc2cccc(F)c2)cc1F. The number of benzene rings is 2. The smallest absolute Gasteiger partial charge is 0.255 e. The number of hydrazine groups is 1. The number of nitrogens with two attached hydrogens (primary N) is 1. The number of rotatable bonds is 3. The molecule has 2 aromatic carbocycles. The predicted molar refractivity (Wildman–Crippen MR) is 68.5 cm³/mol. The standard InChI is InChI=1S/C13H10F3N3O/c14-8-2-1-3-9(6-8)18-13(20)7-4-10(15)12(19-17)11(16)5-7/h1-6,19H,17H2,(H,18,20). The third-order valence-corrected chi connectivity index (χ3v) is 2.53. The van der Waals surface area contributed by atoms with Crippen LogP contribution < -0.4 is 16.6 Å². The zero-order chi connectivity index (χ0) is 14.7. The average Bonchev–Trinajstić information content (AvgIpc) is 2.38. The lowest BCUT2D eigenvalue weighted by molar-refractivity contribution is 0.102. The topological polar surface area (TPSA) is 67.1 Å². The van der Waals surface area contributed by atoms with Gasteiger partial charge in [0.15, 0.2) is 11.6 Å². The summed E-state index contributed by atoms with van der Waals surface area (Å²) in [6, 6.07) is 6.79. The molecule has 0 spiro atoms. The highest BCUT2D eigenvalue weighted by Gasteiger charge is 2.14. The third kappa shape index (κ3) is 2.89. The number of nitrogens with one attached hydrogen (secondary N) is 2. The summed E-state index contributed by atoms with van der Waals surface area (Å²) in [6.45, 7) is 0. The first-order chi connectivity index (χ1) is 9.51. The highest BCUT2D eigenvalue weighted by molar-refractivity contribution is 6.04. The van der Waals surface area contributed by atoms with Crippen LogP contribution in [0, 0.1) is 17.5 Å². The van der Waals surface area contributed by atoms with Crippen LogP contribution in [-0.2, 0) is 0 Å². The van der Waals surface area contributed by atoms with Gasteiger partial charge in [-0.25, -0.2) is 13.2 Å². The Hall–Kier alpha value is -2.54. The van der Waals surface area contributed by atoms with Gasteiger partial charge in [-0.3, -0.25) is 10.6 Å². The molecule has 1 amide bonds. The minimum Gasteiger partial charge on any atom is -0.322 e. The maximum atomic E-state index is 13.5. The summed E-state index contributed by atoms with van der Waals surface area (Å²) in [5.41, 5.74) is 1.25. The molecule has 0 aromatic heterocycles. The summed E-state index contributed by atoms with van der Waals surface area (Å²) in [7, 11) is 0. The van der Waals surface area contributed by atoms with Crippen molar-refractivity contribution in [3.8, 4) is 0 Å². The van der Waals surface area contributed by atoms with E-state index in [9.17, 15) is 18.0 Å². The maximum absolute atomic E-state index is 13.5. The van der Waals surface area contributed by atoms with Crippen molar-refractivity contribution in [2.45, 2.75) is 0 Å².